The molecule has 2 atom stereocenters. The Labute approximate surface area is 139 Å². The molecule has 0 bridgehead atoms. The Morgan fingerprint density at radius 2 is 1.87 bits per heavy atom. The van der Waals surface area contributed by atoms with Crippen molar-refractivity contribution in [2.45, 2.75) is 44.8 Å². The monoisotopic (exact) mass is 320 g/mol. The van der Waals surface area contributed by atoms with E-state index in [1.54, 1.807) is 7.11 Å². The van der Waals surface area contributed by atoms with Crippen molar-refractivity contribution in [2.24, 2.45) is 0 Å². The predicted octanol–water partition coefficient (Wildman–Crippen LogP) is 3.01. The zero-order valence-electron chi connectivity index (χ0n) is 14.8. The highest BCUT2D eigenvalue weighted by Gasteiger charge is 2.28. The second-order valence-electron chi connectivity index (χ2n) is 7.27. The van der Waals surface area contributed by atoms with Crippen LogP contribution in [-0.2, 0) is 4.74 Å². The van der Waals surface area contributed by atoms with E-state index in [0.717, 1.165) is 25.3 Å². The van der Waals surface area contributed by atoms with Crippen molar-refractivity contribution in [3.05, 3.63) is 29.8 Å². The summed E-state index contributed by atoms with van der Waals surface area (Å²) in [5.74, 6) is 1.25. The third-order valence-corrected chi connectivity index (χ3v) is 3.94. The van der Waals surface area contributed by atoms with Gasteiger partial charge in [0.2, 0.25) is 0 Å². The van der Waals surface area contributed by atoms with Gasteiger partial charge in [-0.3, -0.25) is 0 Å². The average molecular weight is 320 g/mol. The van der Waals surface area contributed by atoms with Crippen LogP contribution in [0.4, 0.5) is 4.79 Å². The van der Waals surface area contributed by atoms with Gasteiger partial charge in [-0.05, 0) is 57.9 Å². The molecule has 1 aromatic rings. The first-order valence-corrected chi connectivity index (χ1v) is 8.09. The van der Waals surface area contributed by atoms with Crippen LogP contribution in [0.1, 0.15) is 38.7 Å². The van der Waals surface area contributed by atoms with Gasteiger partial charge in [0, 0.05) is 19.1 Å². The molecule has 5 nitrogen and oxygen atoms in total. The standard InChI is InChI=1S/C18H28N2O3/c1-18(2,3)23-17(21)19-15-10-14(11-20(4)12-15)13-6-8-16(22-5)9-7-13/h6-9,14-15H,10-12H2,1-5H3,(H,19,21). The Kier molecular flexibility index (Phi) is 5.52. The van der Waals surface area contributed by atoms with Gasteiger partial charge < -0.3 is 19.7 Å². The molecule has 1 amide bonds. The average Bonchev–Trinajstić information content (AvgIpc) is 2.44. The highest BCUT2D eigenvalue weighted by Crippen LogP contribution is 2.28. The lowest BCUT2D eigenvalue weighted by Gasteiger charge is -2.36. The highest BCUT2D eigenvalue weighted by molar-refractivity contribution is 5.68. The van der Waals surface area contributed by atoms with Crippen molar-refractivity contribution in [1.29, 1.82) is 0 Å². The minimum Gasteiger partial charge on any atom is -0.497 e. The smallest absolute Gasteiger partial charge is 0.407 e. The molecule has 128 valence electrons. The van der Waals surface area contributed by atoms with Gasteiger partial charge in [0.05, 0.1) is 7.11 Å². The Bertz CT molecular complexity index is 522. The molecule has 1 heterocycles. The number of likely N-dealkylation sites (tertiary alicyclic amines) is 1. The van der Waals surface area contributed by atoms with E-state index in [4.69, 9.17) is 9.47 Å². The van der Waals surface area contributed by atoms with Gasteiger partial charge in [0.25, 0.3) is 0 Å². The normalized spacial score (nSPS) is 22.5. The van der Waals surface area contributed by atoms with Gasteiger partial charge in [-0.15, -0.1) is 0 Å². The lowest BCUT2D eigenvalue weighted by molar-refractivity contribution is 0.0473. The maximum absolute atomic E-state index is 12.0. The number of carbonyl (C=O) groups excluding carboxylic acids is 1. The lowest BCUT2D eigenvalue weighted by atomic mass is 9.88. The first-order valence-electron chi connectivity index (χ1n) is 8.09. The number of nitrogens with zero attached hydrogens (tertiary/aromatic N) is 1. The number of hydrogen-bond donors (Lipinski definition) is 1. The summed E-state index contributed by atoms with van der Waals surface area (Å²) in [5, 5.41) is 3.00. The van der Waals surface area contributed by atoms with Crippen LogP contribution in [0.25, 0.3) is 0 Å². The summed E-state index contributed by atoms with van der Waals surface area (Å²) in [6, 6.07) is 8.27. The molecule has 0 saturated carbocycles. The maximum atomic E-state index is 12.0. The van der Waals surface area contributed by atoms with Crippen molar-refractivity contribution in [3.8, 4) is 5.75 Å². The summed E-state index contributed by atoms with van der Waals surface area (Å²) in [6.07, 6.45) is 0.571. The molecule has 1 fully saturated rings. The fourth-order valence-corrected chi connectivity index (χ4v) is 3.02. The molecule has 1 aromatic carbocycles. The van der Waals surface area contributed by atoms with Crippen LogP contribution < -0.4 is 10.1 Å². The van der Waals surface area contributed by atoms with Gasteiger partial charge >= 0.3 is 6.09 Å². The fraction of sp³-hybridized carbons (Fsp3) is 0.611. The summed E-state index contributed by atoms with van der Waals surface area (Å²) in [6.45, 7) is 7.45. The number of hydrogen-bond acceptors (Lipinski definition) is 4. The predicted molar refractivity (Wildman–Crippen MR) is 91.0 cm³/mol. The largest absolute Gasteiger partial charge is 0.497 e. The Morgan fingerprint density at radius 1 is 1.22 bits per heavy atom. The van der Waals surface area contributed by atoms with Gasteiger partial charge in [-0.25, -0.2) is 4.79 Å². The van der Waals surface area contributed by atoms with Crippen LogP contribution in [0.5, 0.6) is 5.75 Å². The number of nitrogens with one attached hydrogen (secondary N) is 1. The molecule has 2 rings (SSSR count). The van der Waals surface area contributed by atoms with Crippen LogP contribution in [0.15, 0.2) is 24.3 Å². The van der Waals surface area contributed by atoms with E-state index in [1.807, 2.05) is 32.9 Å². The topological polar surface area (TPSA) is 50.8 Å². The molecule has 0 aromatic heterocycles. The molecule has 1 aliphatic heterocycles. The summed E-state index contributed by atoms with van der Waals surface area (Å²) < 4.78 is 10.6. The molecule has 1 N–H and O–H groups in total. The molecule has 23 heavy (non-hydrogen) atoms. The molecule has 1 aliphatic rings. The number of alkyl carbamates (subject to hydrolysis) is 1. The maximum Gasteiger partial charge on any atom is 0.407 e. The number of benzene rings is 1. The molecular weight excluding hydrogens is 292 g/mol. The molecular formula is C18H28N2O3. The number of ether oxygens (including phenoxy) is 2. The number of methoxy groups -OCH3 is 1. The van der Waals surface area contributed by atoms with Crippen LogP contribution >= 0.6 is 0 Å². The first kappa shape index (κ1) is 17.6. The van der Waals surface area contributed by atoms with Crippen molar-refractivity contribution < 1.29 is 14.3 Å². The van der Waals surface area contributed by atoms with Crippen LogP contribution in [0, 0.1) is 0 Å². The number of carbonyl (C=O) groups is 1. The number of amides is 1. The van der Waals surface area contributed by atoms with Crippen LogP contribution in [0.3, 0.4) is 0 Å². The van der Waals surface area contributed by atoms with Crippen molar-refractivity contribution in [3.63, 3.8) is 0 Å². The van der Waals surface area contributed by atoms with Crippen molar-refractivity contribution in [1.82, 2.24) is 10.2 Å². The summed E-state index contributed by atoms with van der Waals surface area (Å²) in [5.41, 5.74) is 0.799. The minimum absolute atomic E-state index is 0.0932. The van der Waals surface area contributed by atoms with E-state index in [1.165, 1.54) is 5.56 Å². The SMILES string of the molecule is COc1ccc(C2CC(NC(=O)OC(C)(C)C)CN(C)C2)cc1. The summed E-state index contributed by atoms with van der Waals surface area (Å²) in [7, 11) is 3.75. The number of piperidine rings is 1. The van der Waals surface area contributed by atoms with E-state index in [9.17, 15) is 4.79 Å². The zero-order valence-corrected chi connectivity index (χ0v) is 14.8. The molecule has 5 heteroatoms. The third-order valence-electron chi connectivity index (χ3n) is 3.94. The van der Waals surface area contributed by atoms with E-state index >= 15 is 0 Å². The molecule has 0 aliphatic carbocycles. The van der Waals surface area contributed by atoms with Crippen molar-refractivity contribution in [2.75, 3.05) is 27.2 Å². The van der Waals surface area contributed by atoms with Gasteiger partial charge in [0.15, 0.2) is 0 Å². The van der Waals surface area contributed by atoms with E-state index in [-0.39, 0.29) is 12.1 Å². The van der Waals surface area contributed by atoms with Crippen molar-refractivity contribution >= 4 is 6.09 Å². The molecule has 1 saturated heterocycles. The van der Waals surface area contributed by atoms with E-state index in [2.05, 4.69) is 29.4 Å². The van der Waals surface area contributed by atoms with E-state index < -0.39 is 5.60 Å². The minimum atomic E-state index is -0.472. The Morgan fingerprint density at radius 3 is 2.43 bits per heavy atom. The summed E-state index contributed by atoms with van der Waals surface area (Å²) in [4.78, 5) is 14.2. The fourth-order valence-electron chi connectivity index (χ4n) is 3.02. The van der Waals surface area contributed by atoms with Gasteiger partial charge in [0.1, 0.15) is 11.4 Å². The number of rotatable bonds is 3. The third kappa shape index (κ3) is 5.43. The van der Waals surface area contributed by atoms with E-state index in [0.29, 0.717) is 5.92 Å². The van der Waals surface area contributed by atoms with Gasteiger partial charge in [-0.2, -0.15) is 0 Å². The van der Waals surface area contributed by atoms with Crippen LogP contribution in [-0.4, -0.2) is 49.9 Å². The molecule has 2 unspecified atom stereocenters. The Hall–Kier alpha value is -1.75. The Balaban J connectivity index is 1.99. The number of likely N-dealkylation sites (N-methyl/N-ethyl adjacent to an activating group) is 1. The van der Waals surface area contributed by atoms with Crippen LogP contribution in [0.2, 0.25) is 0 Å². The highest BCUT2D eigenvalue weighted by atomic mass is 16.6. The lowest BCUT2D eigenvalue weighted by Crippen LogP contribution is -2.49. The quantitative estimate of drug-likeness (QED) is 0.930. The molecule has 0 radical (unpaired) electrons. The molecule has 0 spiro atoms. The van der Waals surface area contributed by atoms with Gasteiger partial charge in [-0.1, -0.05) is 12.1 Å². The zero-order chi connectivity index (χ0) is 17.0. The second-order valence-corrected chi connectivity index (χ2v) is 7.27. The summed E-state index contributed by atoms with van der Waals surface area (Å²) >= 11 is 0. The second kappa shape index (κ2) is 7.21. The first-order chi connectivity index (χ1) is 10.8.